The molecule has 2 rings (SSSR count). The van der Waals surface area contributed by atoms with E-state index in [2.05, 4.69) is 20.0 Å². The van der Waals surface area contributed by atoms with Gasteiger partial charge in [-0.05, 0) is 9.91 Å². The lowest BCUT2D eigenvalue weighted by Gasteiger charge is -2.03. The maximum atomic E-state index is 10.7. The van der Waals surface area contributed by atoms with E-state index < -0.39 is 4.92 Å². The highest BCUT2D eigenvalue weighted by atomic mass is 16.6. The van der Waals surface area contributed by atoms with Gasteiger partial charge in [-0.2, -0.15) is 0 Å². The quantitative estimate of drug-likeness (QED) is 0.611. The molecular formula is C8H9N5O3. The van der Waals surface area contributed by atoms with Crippen molar-refractivity contribution in [2.45, 2.75) is 6.54 Å². The maximum Gasteiger partial charge on any atom is 0.406 e. The Morgan fingerprint density at radius 2 is 2.50 bits per heavy atom. The zero-order valence-electron chi connectivity index (χ0n) is 8.45. The summed E-state index contributed by atoms with van der Waals surface area (Å²) in [5, 5.41) is 17.2. The molecule has 0 saturated heterocycles. The van der Waals surface area contributed by atoms with Crippen LogP contribution in [0.3, 0.4) is 0 Å². The summed E-state index contributed by atoms with van der Waals surface area (Å²) in [5.74, 6) is 0.138. The summed E-state index contributed by atoms with van der Waals surface area (Å²) >= 11 is 0. The highest BCUT2D eigenvalue weighted by Crippen LogP contribution is 2.21. The number of anilines is 1. The number of imidazole rings is 1. The van der Waals surface area contributed by atoms with Gasteiger partial charge in [-0.3, -0.25) is 4.57 Å². The van der Waals surface area contributed by atoms with Crippen LogP contribution in [0, 0.1) is 10.1 Å². The summed E-state index contributed by atoms with van der Waals surface area (Å²) < 4.78 is 6.19. The predicted molar refractivity (Wildman–Crippen MR) is 53.7 cm³/mol. The van der Waals surface area contributed by atoms with Gasteiger partial charge in [-0.25, -0.2) is 0 Å². The van der Waals surface area contributed by atoms with Crippen molar-refractivity contribution in [2.24, 2.45) is 7.05 Å². The molecule has 0 spiro atoms. The number of hydrogen-bond donors (Lipinski definition) is 1. The molecule has 0 unspecified atom stereocenters. The van der Waals surface area contributed by atoms with E-state index in [-0.39, 0.29) is 5.82 Å². The first kappa shape index (κ1) is 10.1. The third-order valence-corrected chi connectivity index (χ3v) is 2.02. The molecule has 84 valence electrons. The van der Waals surface area contributed by atoms with Crippen molar-refractivity contribution in [1.82, 2.24) is 14.7 Å². The molecule has 0 aliphatic heterocycles. The molecule has 2 heterocycles. The summed E-state index contributed by atoms with van der Waals surface area (Å²) in [7, 11) is 1.67. The normalized spacial score (nSPS) is 10.3. The SMILES string of the molecule is Cn1cnc([N+](=O)[O-])c1NCc1ccon1. The van der Waals surface area contributed by atoms with Crippen molar-refractivity contribution < 1.29 is 9.45 Å². The summed E-state index contributed by atoms with van der Waals surface area (Å²) in [5.41, 5.74) is 0.662. The van der Waals surface area contributed by atoms with Gasteiger partial charge in [-0.1, -0.05) is 5.16 Å². The number of nitrogens with one attached hydrogen (secondary N) is 1. The monoisotopic (exact) mass is 223 g/mol. The van der Waals surface area contributed by atoms with Gasteiger partial charge in [0.1, 0.15) is 12.0 Å². The van der Waals surface area contributed by atoms with E-state index in [0.717, 1.165) is 0 Å². The van der Waals surface area contributed by atoms with E-state index in [1.165, 1.54) is 17.2 Å². The van der Waals surface area contributed by atoms with Crippen LogP contribution in [0.15, 0.2) is 23.2 Å². The molecule has 1 N–H and O–H groups in total. The second-order valence-electron chi connectivity index (χ2n) is 3.13. The van der Waals surface area contributed by atoms with E-state index >= 15 is 0 Å². The Labute approximate surface area is 90.0 Å². The molecule has 8 heteroatoms. The number of hydrogen-bond acceptors (Lipinski definition) is 6. The minimum Gasteiger partial charge on any atom is -0.364 e. The lowest BCUT2D eigenvalue weighted by molar-refractivity contribution is -0.388. The van der Waals surface area contributed by atoms with E-state index in [9.17, 15) is 10.1 Å². The van der Waals surface area contributed by atoms with Gasteiger partial charge in [-0.15, -0.1) is 0 Å². The van der Waals surface area contributed by atoms with Crippen molar-refractivity contribution in [1.29, 1.82) is 0 Å². The fourth-order valence-electron chi connectivity index (χ4n) is 1.26. The fourth-order valence-corrected chi connectivity index (χ4v) is 1.26. The van der Waals surface area contributed by atoms with Gasteiger partial charge in [0.2, 0.25) is 12.1 Å². The number of rotatable bonds is 4. The predicted octanol–water partition coefficient (Wildman–Crippen LogP) is 0.928. The van der Waals surface area contributed by atoms with Gasteiger partial charge in [0, 0.05) is 13.1 Å². The lowest BCUT2D eigenvalue weighted by atomic mass is 10.4. The standard InChI is InChI=1S/C8H9N5O3/c1-12-5-10-8(13(14)15)7(12)9-4-6-2-3-16-11-6/h2-3,5,9H,4H2,1H3. The van der Waals surface area contributed by atoms with Gasteiger partial charge < -0.3 is 20.0 Å². The van der Waals surface area contributed by atoms with Gasteiger partial charge in [0.05, 0.1) is 6.54 Å². The van der Waals surface area contributed by atoms with Crippen LogP contribution in [0.25, 0.3) is 0 Å². The third kappa shape index (κ3) is 1.85. The fraction of sp³-hybridized carbons (Fsp3) is 0.250. The Hall–Kier alpha value is -2.38. The first-order valence-corrected chi connectivity index (χ1v) is 4.47. The summed E-state index contributed by atoms with van der Waals surface area (Å²) in [6.07, 6.45) is 2.82. The largest absolute Gasteiger partial charge is 0.406 e. The highest BCUT2D eigenvalue weighted by molar-refractivity contribution is 5.51. The molecule has 0 radical (unpaired) electrons. The van der Waals surface area contributed by atoms with Crippen LogP contribution in [0.1, 0.15) is 5.69 Å². The second-order valence-corrected chi connectivity index (χ2v) is 3.13. The van der Waals surface area contributed by atoms with Crippen LogP contribution in [0.4, 0.5) is 11.6 Å². The molecule has 2 aromatic rings. The van der Waals surface area contributed by atoms with Gasteiger partial charge in [0.15, 0.2) is 0 Å². The second kappa shape index (κ2) is 4.01. The van der Waals surface area contributed by atoms with Crippen LogP contribution in [0.5, 0.6) is 0 Å². The van der Waals surface area contributed by atoms with Gasteiger partial charge in [0.25, 0.3) is 0 Å². The summed E-state index contributed by atoms with van der Waals surface area (Å²) in [6, 6.07) is 1.68. The highest BCUT2D eigenvalue weighted by Gasteiger charge is 2.19. The van der Waals surface area contributed by atoms with E-state index in [0.29, 0.717) is 18.1 Å². The molecule has 0 atom stereocenters. The first-order chi connectivity index (χ1) is 7.68. The van der Waals surface area contributed by atoms with Crippen LogP contribution in [-0.4, -0.2) is 19.6 Å². The Kier molecular flexibility index (Phi) is 2.54. The molecular weight excluding hydrogens is 214 g/mol. The molecule has 0 aliphatic carbocycles. The van der Waals surface area contributed by atoms with Gasteiger partial charge >= 0.3 is 5.82 Å². The first-order valence-electron chi connectivity index (χ1n) is 4.47. The Morgan fingerprint density at radius 3 is 3.12 bits per heavy atom. The average molecular weight is 223 g/mol. The van der Waals surface area contributed by atoms with E-state index in [1.54, 1.807) is 13.1 Å². The van der Waals surface area contributed by atoms with Crippen LogP contribution in [0.2, 0.25) is 0 Å². The minimum absolute atomic E-state index is 0.203. The smallest absolute Gasteiger partial charge is 0.364 e. The zero-order chi connectivity index (χ0) is 11.5. The van der Waals surface area contributed by atoms with Crippen LogP contribution in [-0.2, 0) is 13.6 Å². The third-order valence-electron chi connectivity index (χ3n) is 2.02. The molecule has 2 aromatic heterocycles. The van der Waals surface area contributed by atoms with E-state index in [1.807, 2.05) is 0 Å². The number of nitrogens with zero attached hydrogens (tertiary/aromatic N) is 4. The maximum absolute atomic E-state index is 10.7. The van der Waals surface area contributed by atoms with Crippen molar-refractivity contribution in [3.05, 3.63) is 34.5 Å². The molecule has 0 fully saturated rings. The zero-order valence-corrected chi connectivity index (χ0v) is 8.45. The number of aryl methyl sites for hydroxylation is 1. The number of nitro groups is 1. The molecule has 0 aliphatic rings. The van der Waals surface area contributed by atoms with Crippen molar-refractivity contribution in [3.8, 4) is 0 Å². The average Bonchev–Trinajstić information content (AvgIpc) is 2.84. The molecule has 8 nitrogen and oxygen atoms in total. The lowest BCUT2D eigenvalue weighted by Crippen LogP contribution is -2.05. The molecule has 0 saturated carbocycles. The summed E-state index contributed by atoms with van der Waals surface area (Å²) in [4.78, 5) is 13.8. The van der Waals surface area contributed by atoms with Crippen molar-refractivity contribution in [3.63, 3.8) is 0 Å². The Balaban J connectivity index is 2.14. The molecule has 0 bridgehead atoms. The number of aromatic nitrogens is 3. The topological polar surface area (TPSA) is 99.0 Å². The molecule has 0 amide bonds. The summed E-state index contributed by atoms with van der Waals surface area (Å²) in [6.45, 7) is 0.344. The Morgan fingerprint density at radius 1 is 1.69 bits per heavy atom. The molecule has 0 aromatic carbocycles. The minimum atomic E-state index is -0.537. The van der Waals surface area contributed by atoms with Crippen molar-refractivity contribution >= 4 is 11.6 Å². The van der Waals surface area contributed by atoms with E-state index in [4.69, 9.17) is 0 Å². The van der Waals surface area contributed by atoms with Crippen LogP contribution < -0.4 is 5.32 Å². The molecule has 16 heavy (non-hydrogen) atoms. The van der Waals surface area contributed by atoms with Crippen molar-refractivity contribution in [2.75, 3.05) is 5.32 Å². The van der Waals surface area contributed by atoms with Crippen LogP contribution >= 0.6 is 0 Å². The Bertz CT molecular complexity index is 490.